The summed E-state index contributed by atoms with van der Waals surface area (Å²) in [5, 5.41) is 0. The zero-order chi connectivity index (χ0) is 31.2. The summed E-state index contributed by atoms with van der Waals surface area (Å²) in [6.45, 7) is 18.8. The molecule has 9 atom stereocenters. The maximum atomic E-state index is 14.2. The van der Waals surface area contributed by atoms with Gasteiger partial charge in [-0.15, -0.1) is 0 Å². The summed E-state index contributed by atoms with van der Waals surface area (Å²) in [7, 11) is 3.29. The van der Waals surface area contributed by atoms with E-state index in [1.54, 1.807) is 14.2 Å². The van der Waals surface area contributed by atoms with Crippen molar-refractivity contribution < 1.29 is 19.1 Å². The minimum absolute atomic E-state index is 0.0184. The van der Waals surface area contributed by atoms with Crippen LogP contribution in [0.2, 0.25) is 0 Å². The molecule has 6 rings (SSSR count). The van der Waals surface area contributed by atoms with Gasteiger partial charge >= 0.3 is 5.97 Å². The van der Waals surface area contributed by atoms with Crippen molar-refractivity contribution in [3.8, 4) is 5.75 Å². The van der Waals surface area contributed by atoms with E-state index in [2.05, 4.69) is 60.3 Å². The van der Waals surface area contributed by atoms with Crippen molar-refractivity contribution >= 4 is 17.8 Å². The Hall–Kier alpha value is -2.36. The first-order valence-electron chi connectivity index (χ1n) is 16.8. The number of hydrogen-bond donors (Lipinski definition) is 0. The van der Waals surface area contributed by atoms with E-state index >= 15 is 0 Å². The molecule has 5 saturated carbocycles. The fourth-order valence-electron chi connectivity index (χ4n) is 12.7. The molecule has 234 valence electrons. The lowest BCUT2D eigenvalue weighted by molar-refractivity contribution is -0.232. The van der Waals surface area contributed by atoms with Crippen LogP contribution in [0.1, 0.15) is 105 Å². The van der Waals surface area contributed by atoms with Gasteiger partial charge in [0.05, 0.1) is 19.6 Å². The van der Waals surface area contributed by atoms with Gasteiger partial charge in [0.15, 0.2) is 5.78 Å². The molecule has 5 aliphatic rings. The molecule has 0 spiro atoms. The highest BCUT2D eigenvalue weighted by Crippen LogP contribution is 2.77. The van der Waals surface area contributed by atoms with E-state index in [-0.39, 0.29) is 27.6 Å². The van der Waals surface area contributed by atoms with Crippen LogP contribution in [0.15, 0.2) is 42.0 Å². The van der Waals surface area contributed by atoms with Crippen LogP contribution in [0.25, 0.3) is 6.08 Å². The second kappa shape index (κ2) is 10.1. The average Bonchev–Trinajstić information content (AvgIpc) is 3.37. The van der Waals surface area contributed by atoms with Crippen molar-refractivity contribution in [3.05, 3.63) is 47.6 Å². The Bertz CT molecular complexity index is 1370. The quantitative estimate of drug-likeness (QED) is 0.201. The SMILES string of the molecule is C=C(C)[C@@H]1CC[C@]2(C(=O)OC)CC[C@]3(C)[C@H](CC[C@@H]4[C@@]5(C)C/C(=C/c6ccccc6OC)C(=O)C(C)(C)C5CC[C@]43C)C12. The predicted molar refractivity (Wildman–Crippen MR) is 172 cm³/mol. The van der Waals surface area contributed by atoms with Gasteiger partial charge in [0.2, 0.25) is 0 Å². The molecule has 43 heavy (non-hydrogen) atoms. The molecule has 0 aliphatic heterocycles. The summed E-state index contributed by atoms with van der Waals surface area (Å²) in [4.78, 5) is 27.7. The van der Waals surface area contributed by atoms with Crippen LogP contribution < -0.4 is 4.74 Å². The predicted octanol–water partition coefficient (Wildman–Crippen LogP) is 9.09. The number of esters is 1. The number of carbonyl (C=O) groups excluding carboxylic acids is 2. The highest BCUT2D eigenvalue weighted by molar-refractivity contribution is 6.04. The maximum Gasteiger partial charge on any atom is 0.312 e. The fraction of sp³-hybridized carbons (Fsp3) is 0.692. The van der Waals surface area contributed by atoms with Crippen LogP contribution >= 0.6 is 0 Å². The smallest absolute Gasteiger partial charge is 0.312 e. The van der Waals surface area contributed by atoms with Gasteiger partial charge in [-0.1, -0.05) is 65.0 Å². The first kappa shape index (κ1) is 30.7. The number of rotatable bonds is 4. The van der Waals surface area contributed by atoms with Crippen LogP contribution in [-0.4, -0.2) is 26.0 Å². The highest BCUT2D eigenvalue weighted by Gasteiger charge is 2.72. The average molecular weight is 587 g/mol. The third kappa shape index (κ3) is 3.99. The lowest BCUT2D eigenvalue weighted by Crippen LogP contribution is -2.67. The normalized spacial score (nSPS) is 44.0. The topological polar surface area (TPSA) is 52.6 Å². The first-order valence-corrected chi connectivity index (χ1v) is 16.8. The van der Waals surface area contributed by atoms with Crippen molar-refractivity contribution in [1.82, 2.24) is 0 Å². The molecule has 0 amide bonds. The van der Waals surface area contributed by atoms with Crippen molar-refractivity contribution in [2.24, 2.45) is 56.7 Å². The van der Waals surface area contributed by atoms with Crippen molar-refractivity contribution in [2.45, 2.75) is 99.3 Å². The number of ketones is 1. The summed E-state index contributed by atoms with van der Waals surface area (Å²) in [6, 6.07) is 8.05. The van der Waals surface area contributed by atoms with Crippen LogP contribution in [-0.2, 0) is 14.3 Å². The summed E-state index contributed by atoms with van der Waals surface area (Å²) in [5.41, 5.74) is 2.68. The van der Waals surface area contributed by atoms with Gasteiger partial charge < -0.3 is 9.47 Å². The number of para-hydroxylation sites is 1. The summed E-state index contributed by atoms with van der Waals surface area (Å²) in [6.07, 6.45) is 11.5. The third-order valence-corrected chi connectivity index (χ3v) is 14.7. The molecule has 0 saturated heterocycles. The summed E-state index contributed by atoms with van der Waals surface area (Å²) < 4.78 is 11.2. The molecule has 5 aliphatic carbocycles. The molecular formula is C39H54O4. The second-order valence-electron chi connectivity index (χ2n) is 16.5. The zero-order valence-corrected chi connectivity index (χ0v) is 28.0. The lowest BCUT2D eigenvalue weighted by Gasteiger charge is -2.72. The highest BCUT2D eigenvalue weighted by atomic mass is 16.5. The molecule has 5 fully saturated rings. The number of hydrogen-bond acceptors (Lipinski definition) is 4. The van der Waals surface area contributed by atoms with E-state index in [4.69, 9.17) is 9.47 Å². The Labute approximate surface area is 260 Å². The third-order valence-electron chi connectivity index (χ3n) is 14.7. The molecule has 1 aromatic rings. The fourth-order valence-corrected chi connectivity index (χ4v) is 12.7. The van der Waals surface area contributed by atoms with Gasteiger partial charge in [-0.25, -0.2) is 0 Å². The maximum absolute atomic E-state index is 14.2. The van der Waals surface area contributed by atoms with E-state index in [0.29, 0.717) is 35.4 Å². The number of fused-ring (bicyclic) bond motifs is 7. The Kier molecular flexibility index (Phi) is 7.18. The van der Waals surface area contributed by atoms with Crippen molar-refractivity contribution in [2.75, 3.05) is 14.2 Å². The van der Waals surface area contributed by atoms with E-state index in [0.717, 1.165) is 74.7 Å². The standard InChI is InChI=1S/C39H54O4/c1-24(2)27-16-19-39(34(41)43-9)21-20-37(6)28(32(27)39)14-15-31-36(5)23-26(22-25-12-10-11-13-29(25)42-8)33(40)35(3,4)30(36)17-18-38(31,37)7/h10-13,22,27-28,30-32H,1,14-21,23H2,2-9H3/b26-22-/t27-,28+,30?,31+,32?,36-,37+,38+,39-/m0/s1. The largest absolute Gasteiger partial charge is 0.496 e. The molecule has 0 N–H and O–H groups in total. The molecule has 0 radical (unpaired) electrons. The lowest BCUT2D eigenvalue weighted by atomic mass is 9.32. The molecule has 1 aromatic carbocycles. The van der Waals surface area contributed by atoms with Crippen LogP contribution in [0.3, 0.4) is 0 Å². The molecular weight excluding hydrogens is 532 g/mol. The van der Waals surface area contributed by atoms with E-state index in [9.17, 15) is 9.59 Å². The Morgan fingerprint density at radius 3 is 2.30 bits per heavy atom. The van der Waals surface area contributed by atoms with Crippen LogP contribution in [0.5, 0.6) is 5.75 Å². The minimum Gasteiger partial charge on any atom is -0.496 e. The Morgan fingerprint density at radius 2 is 1.63 bits per heavy atom. The number of methoxy groups -OCH3 is 2. The summed E-state index contributed by atoms with van der Waals surface area (Å²) in [5.74, 6) is 3.19. The number of carbonyl (C=O) groups is 2. The van der Waals surface area contributed by atoms with Crippen LogP contribution in [0, 0.1) is 56.7 Å². The zero-order valence-electron chi connectivity index (χ0n) is 28.0. The van der Waals surface area contributed by atoms with E-state index in [1.165, 1.54) is 5.57 Å². The van der Waals surface area contributed by atoms with Gasteiger partial charge in [0.25, 0.3) is 0 Å². The first-order chi connectivity index (χ1) is 20.2. The molecule has 4 heteroatoms. The number of benzene rings is 1. The van der Waals surface area contributed by atoms with Crippen LogP contribution in [0.4, 0.5) is 0 Å². The van der Waals surface area contributed by atoms with Crippen molar-refractivity contribution in [3.63, 3.8) is 0 Å². The second-order valence-corrected chi connectivity index (χ2v) is 16.5. The molecule has 0 heterocycles. The molecule has 0 aromatic heterocycles. The summed E-state index contributed by atoms with van der Waals surface area (Å²) >= 11 is 0. The Balaban J connectivity index is 1.42. The monoisotopic (exact) mass is 586 g/mol. The molecule has 4 nitrogen and oxygen atoms in total. The number of ether oxygens (including phenoxy) is 2. The Morgan fingerprint density at radius 1 is 0.907 bits per heavy atom. The number of allylic oxidation sites excluding steroid dienone is 2. The minimum atomic E-state index is -0.414. The van der Waals surface area contributed by atoms with Gasteiger partial charge in [-0.3, -0.25) is 9.59 Å². The van der Waals surface area contributed by atoms with E-state index < -0.39 is 5.41 Å². The van der Waals surface area contributed by atoms with Gasteiger partial charge in [-0.2, -0.15) is 0 Å². The van der Waals surface area contributed by atoms with Crippen molar-refractivity contribution in [1.29, 1.82) is 0 Å². The van der Waals surface area contributed by atoms with Gasteiger partial charge in [-0.05, 0) is 128 Å². The van der Waals surface area contributed by atoms with E-state index in [1.807, 2.05) is 18.2 Å². The number of Topliss-reactive ketones (excluding diaryl/α,β-unsaturated/α-hetero) is 1. The van der Waals surface area contributed by atoms with Gasteiger partial charge in [0, 0.05) is 11.0 Å². The van der Waals surface area contributed by atoms with Gasteiger partial charge in [0.1, 0.15) is 5.75 Å². The molecule has 0 bridgehead atoms. The molecule has 2 unspecified atom stereocenters.